The van der Waals surface area contributed by atoms with Crippen molar-refractivity contribution in [3.05, 3.63) is 24.3 Å². The number of anilines is 1. The highest BCUT2D eigenvalue weighted by Gasteiger charge is 2.12. The molecule has 6 nitrogen and oxygen atoms in total. The Morgan fingerprint density at radius 1 is 1.24 bits per heavy atom. The Morgan fingerprint density at radius 2 is 1.90 bits per heavy atom. The molecule has 1 rings (SSSR count). The average molecular weight is 293 g/mol. The predicted molar refractivity (Wildman–Crippen MR) is 82.2 cm³/mol. The molecule has 0 radical (unpaired) electrons. The first-order valence-electron chi connectivity index (χ1n) is 6.99. The molecule has 1 aromatic rings. The third-order valence-corrected chi connectivity index (χ3v) is 2.95. The number of hydrogen-bond acceptors (Lipinski definition) is 4. The quantitative estimate of drug-likeness (QED) is 0.717. The van der Waals surface area contributed by atoms with Gasteiger partial charge in [0.25, 0.3) is 0 Å². The van der Waals surface area contributed by atoms with Gasteiger partial charge in [-0.2, -0.15) is 0 Å². The van der Waals surface area contributed by atoms with E-state index in [2.05, 4.69) is 12.2 Å². The highest BCUT2D eigenvalue weighted by molar-refractivity contribution is 5.92. The van der Waals surface area contributed by atoms with Gasteiger partial charge in [0.15, 0.2) is 0 Å². The molecule has 0 aromatic heterocycles. The van der Waals surface area contributed by atoms with Crippen LogP contribution in [0, 0.1) is 0 Å². The van der Waals surface area contributed by atoms with Crippen LogP contribution in [0.25, 0.3) is 0 Å². The number of nitrogens with zero attached hydrogens (tertiary/aromatic N) is 1. The summed E-state index contributed by atoms with van der Waals surface area (Å²) in [7, 11) is 1.59. The summed E-state index contributed by atoms with van der Waals surface area (Å²) in [5.74, 6) is 0.132. The van der Waals surface area contributed by atoms with Crippen molar-refractivity contribution >= 4 is 17.5 Å². The standard InChI is InChI=1S/C15H23N3O3/c1-3-4-9-18(10-14(16)19)11-15(20)17-12-5-7-13(21-2)8-6-12/h5-8H,3-4,9-11H2,1-2H3,(H2,16,19)(H,17,20). The minimum absolute atomic E-state index is 0.0933. The van der Waals surface area contributed by atoms with Crippen LogP contribution in [-0.2, 0) is 9.59 Å². The SMILES string of the molecule is CCCCN(CC(N)=O)CC(=O)Nc1ccc(OC)cc1. The van der Waals surface area contributed by atoms with Crippen molar-refractivity contribution in [2.24, 2.45) is 5.73 Å². The van der Waals surface area contributed by atoms with Gasteiger partial charge in [0.1, 0.15) is 5.75 Å². The summed E-state index contributed by atoms with van der Waals surface area (Å²) in [4.78, 5) is 24.8. The maximum Gasteiger partial charge on any atom is 0.238 e. The van der Waals surface area contributed by atoms with E-state index in [4.69, 9.17) is 10.5 Å². The van der Waals surface area contributed by atoms with E-state index < -0.39 is 5.91 Å². The Balaban J connectivity index is 2.53. The summed E-state index contributed by atoms with van der Waals surface area (Å²) in [6.45, 7) is 2.97. The maximum atomic E-state index is 12.0. The van der Waals surface area contributed by atoms with Crippen molar-refractivity contribution in [2.75, 3.05) is 32.1 Å². The lowest BCUT2D eigenvalue weighted by molar-refractivity contribution is -0.121. The number of primary amides is 1. The molecule has 0 unspecified atom stereocenters. The van der Waals surface area contributed by atoms with Crippen LogP contribution in [0.4, 0.5) is 5.69 Å². The maximum absolute atomic E-state index is 12.0. The topological polar surface area (TPSA) is 84.7 Å². The van der Waals surface area contributed by atoms with Gasteiger partial charge in [-0.3, -0.25) is 14.5 Å². The van der Waals surface area contributed by atoms with E-state index in [9.17, 15) is 9.59 Å². The van der Waals surface area contributed by atoms with Crippen LogP contribution in [0.3, 0.4) is 0 Å². The molecule has 0 fully saturated rings. The number of benzene rings is 1. The first-order valence-corrected chi connectivity index (χ1v) is 6.99. The van der Waals surface area contributed by atoms with E-state index >= 15 is 0 Å². The molecule has 0 aliphatic heterocycles. The van der Waals surface area contributed by atoms with E-state index in [0.717, 1.165) is 18.6 Å². The summed E-state index contributed by atoms with van der Waals surface area (Å²) >= 11 is 0. The van der Waals surface area contributed by atoms with Crippen molar-refractivity contribution in [1.82, 2.24) is 4.90 Å². The lowest BCUT2D eigenvalue weighted by Crippen LogP contribution is -2.39. The Morgan fingerprint density at radius 3 is 2.43 bits per heavy atom. The fourth-order valence-corrected chi connectivity index (χ4v) is 1.89. The number of unbranched alkanes of at least 4 members (excludes halogenated alkanes) is 1. The van der Waals surface area contributed by atoms with E-state index in [-0.39, 0.29) is 19.0 Å². The molecule has 2 amide bonds. The number of methoxy groups -OCH3 is 1. The van der Waals surface area contributed by atoms with Crippen molar-refractivity contribution in [3.63, 3.8) is 0 Å². The predicted octanol–water partition coefficient (Wildman–Crippen LogP) is 1.22. The molecule has 3 N–H and O–H groups in total. The van der Waals surface area contributed by atoms with E-state index in [0.29, 0.717) is 12.2 Å². The summed E-state index contributed by atoms with van der Waals surface area (Å²) in [6.07, 6.45) is 1.92. The Hall–Kier alpha value is -2.08. The van der Waals surface area contributed by atoms with Gasteiger partial charge in [0, 0.05) is 5.69 Å². The number of ether oxygens (including phenoxy) is 1. The second kappa shape index (κ2) is 8.97. The molecule has 21 heavy (non-hydrogen) atoms. The number of amides is 2. The molecule has 0 saturated heterocycles. The minimum atomic E-state index is -0.427. The molecule has 0 saturated carbocycles. The van der Waals surface area contributed by atoms with Crippen molar-refractivity contribution in [2.45, 2.75) is 19.8 Å². The number of nitrogens with one attached hydrogen (secondary N) is 1. The fourth-order valence-electron chi connectivity index (χ4n) is 1.89. The molecule has 0 heterocycles. The second-order valence-corrected chi connectivity index (χ2v) is 4.81. The normalized spacial score (nSPS) is 10.4. The van der Waals surface area contributed by atoms with Gasteiger partial charge >= 0.3 is 0 Å². The first kappa shape index (κ1) is 17.0. The minimum Gasteiger partial charge on any atom is -0.497 e. The lowest BCUT2D eigenvalue weighted by atomic mass is 10.3. The van der Waals surface area contributed by atoms with Gasteiger partial charge in [-0.25, -0.2) is 0 Å². The number of carbonyl (C=O) groups is 2. The average Bonchev–Trinajstić information content (AvgIpc) is 2.45. The molecule has 1 aromatic carbocycles. The molecule has 0 spiro atoms. The van der Waals surface area contributed by atoms with Crippen LogP contribution in [0.15, 0.2) is 24.3 Å². The Kier molecular flexibility index (Phi) is 7.25. The summed E-state index contributed by atoms with van der Waals surface area (Å²) in [6, 6.07) is 7.07. The first-order chi connectivity index (χ1) is 10.0. The Bertz CT molecular complexity index is 460. The van der Waals surface area contributed by atoms with Crippen LogP contribution in [0.2, 0.25) is 0 Å². The third kappa shape index (κ3) is 6.76. The van der Waals surface area contributed by atoms with Crippen molar-refractivity contribution in [3.8, 4) is 5.75 Å². The largest absolute Gasteiger partial charge is 0.497 e. The van der Waals surface area contributed by atoms with Crippen LogP contribution in [0.1, 0.15) is 19.8 Å². The highest BCUT2D eigenvalue weighted by atomic mass is 16.5. The lowest BCUT2D eigenvalue weighted by Gasteiger charge is -2.19. The van der Waals surface area contributed by atoms with Gasteiger partial charge < -0.3 is 15.8 Å². The molecular formula is C15H23N3O3. The highest BCUT2D eigenvalue weighted by Crippen LogP contribution is 2.14. The summed E-state index contributed by atoms with van der Waals surface area (Å²) in [5.41, 5.74) is 5.89. The van der Waals surface area contributed by atoms with Crippen LogP contribution >= 0.6 is 0 Å². The number of carbonyl (C=O) groups excluding carboxylic acids is 2. The van der Waals surface area contributed by atoms with Gasteiger partial charge in [-0.15, -0.1) is 0 Å². The fraction of sp³-hybridized carbons (Fsp3) is 0.467. The van der Waals surface area contributed by atoms with E-state index in [1.807, 2.05) is 0 Å². The number of rotatable bonds is 9. The molecule has 0 aliphatic rings. The van der Waals surface area contributed by atoms with Crippen LogP contribution < -0.4 is 15.8 Å². The monoisotopic (exact) mass is 293 g/mol. The number of hydrogen-bond donors (Lipinski definition) is 2. The molecular weight excluding hydrogens is 270 g/mol. The van der Waals surface area contributed by atoms with Crippen molar-refractivity contribution in [1.29, 1.82) is 0 Å². The van der Waals surface area contributed by atoms with Gasteiger partial charge in [0.2, 0.25) is 11.8 Å². The van der Waals surface area contributed by atoms with Gasteiger partial charge in [-0.1, -0.05) is 13.3 Å². The molecule has 6 heteroatoms. The summed E-state index contributed by atoms with van der Waals surface area (Å²) in [5, 5.41) is 2.79. The van der Waals surface area contributed by atoms with E-state index in [1.165, 1.54) is 0 Å². The Labute approximate surface area is 125 Å². The molecule has 116 valence electrons. The van der Waals surface area contributed by atoms with Gasteiger partial charge in [-0.05, 0) is 37.2 Å². The zero-order valence-electron chi connectivity index (χ0n) is 12.6. The second-order valence-electron chi connectivity index (χ2n) is 4.81. The molecule has 0 bridgehead atoms. The molecule has 0 atom stereocenters. The smallest absolute Gasteiger partial charge is 0.238 e. The molecule has 0 aliphatic carbocycles. The van der Waals surface area contributed by atoms with Gasteiger partial charge in [0.05, 0.1) is 20.2 Å². The zero-order valence-corrected chi connectivity index (χ0v) is 12.6. The number of nitrogens with two attached hydrogens (primary N) is 1. The van der Waals surface area contributed by atoms with Crippen molar-refractivity contribution < 1.29 is 14.3 Å². The third-order valence-electron chi connectivity index (χ3n) is 2.95. The van der Waals surface area contributed by atoms with Crippen LogP contribution in [0.5, 0.6) is 5.75 Å². The summed E-state index contributed by atoms with van der Waals surface area (Å²) < 4.78 is 5.05. The van der Waals surface area contributed by atoms with E-state index in [1.54, 1.807) is 36.3 Å². The zero-order chi connectivity index (χ0) is 15.7. The van der Waals surface area contributed by atoms with Crippen LogP contribution in [-0.4, -0.2) is 43.5 Å².